The smallest absolute Gasteiger partial charge is 0.135 e. The molecule has 4 rings (SSSR count). The maximum Gasteiger partial charge on any atom is 0.135 e. The van der Waals surface area contributed by atoms with Crippen molar-refractivity contribution >= 4 is 11.5 Å². The second-order valence-corrected chi connectivity index (χ2v) is 8.06. The largest absolute Gasteiger partial charge is 0.369 e. The fraction of sp³-hybridized carbons (Fsp3) is 0.545. The summed E-state index contributed by atoms with van der Waals surface area (Å²) in [5.41, 5.74) is 3.71. The Morgan fingerprint density at radius 2 is 1.61 bits per heavy atom. The molecule has 150 valence electrons. The van der Waals surface area contributed by atoms with E-state index in [-0.39, 0.29) is 0 Å². The summed E-state index contributed by atoms with van der Waals surface area (Å²) in [4.78, 5) is 18.6. The zero-order valence-corrected chi connectivity index (χ0v) is 16.9. The van der Waals surface area contributed by atoms with Crippen molar-refractivity contribution in [2.75, 3.05) is 57.8 Å². The van der Waals surface area contributed by atoms with Gasteiger partial charge in [-0.2, -0.15) is 5.10 Å². The van der Waals surface area contributed by atoms with Crippen LogP contribution in [0.3, 0.4) is 0 Å². The standard InChI is InChI=1S/C22H31N5O/c1-24-13-15-26(16-14-24)21-5-3-19(4-6-21)20-17-23-27(18-20)10-2-9-25-11-7-22(28)8-12-25/h3-6,17-18H,2,7-16H2,1H3. The Kier molecular flexibility index (Phi) is 6.07. The first kappa shape index (κ1) is 19.2. The molecule has 0 bridgehead atoms. The molecule has 2 saturated heterocycles. The number of carbonyl (C=O) groups excluding carboxylic acids is 1. The lowest BCUT2D eigenvalue weighted by atomic mass is 10.1. The van der Waals surface area contributed by atoms with Crippen molar-refractivity contribution < 1.29 is 4.79 Å². The monoisotopic (exact) mass is 381 g/mol. The first-order valence-corrected chi connectivity index (χ1v) is 10.5. The second-order valence-electron chi connectivity index (χ2n) is 8.06. The van der Waals surface area contributed by atoms with Gasteiger partial charge < -0.3 is 14.7 Å². The number of nitrogens with zero attached hydrogens (tertiary/aromatic N) is 5. The SMILES string of the molecule is CN1CCN(c2ccc(-c3cnn(CCCN4CCC(=O)CC4)c3)cc2)CC1. The van der Waals surface area contributed by atoms with Crippen molar-refractivity contribution in [2.45, 2.75) is 25.8 Å². The Bertz CT molecular complexity index is 766. The Balaban J connectivity index is 1.28. The summed E-state index contributed by atoms with van der Waals surface area (Å²) < 4.78 is 2.04. The van der Waals surface area contributed by atoms with E-state index in [1.807, 2.05) is 10.9 Å². The molecule has 0 radical (unpaired) electrons. The summed E-state index contributed by atoms with van der Waals surface area (Å²) in [6.45, 7) is 8.25. The number of piperidine rings is 1. The first-order valence-electron chi connectivity index (χ1n) is 10.5. The zero-order chi connectivity index (χ0) is 19.3. The lowest BCUT2D eigenvalue weighted by molar-refractivity contribution is -0.121. The number of hydrogen-bond acceptors (Lipinski definition) is 5. The molecule has 28 heavy (non-hydrogen) atoms. The predicted octanol–water partition coefficient (Wildman–Crippen LogP) is 2.36. The van der Waals surface area contributed by atoms with E-state index in [0.29, 0.717) is 5.78 Å². The highest BCUT2D eigenvalue weighted by Gasteiger charge is 2.16. The molecule has 1 aromatic heterocycles. The van der Waals surface area contributed by atoms with E-state index in [1.54, 1.807) is 0 Å². The molecule has 3 heterocycles. The van der Waals surface area contributed by atoms with Crippen molar-refractivity contribution in [1.82, 2.24) is 19.6 Å². The third-order valence-corrected chi connectivity index (χ3v) is 5.98. The molecular formula is C22H31N5O. The molecule has 0 saturated carbocycles. The molecule has 0 unspecified atom stereocenters. The molecule has 0 atom stereocenters. The normalized spacial score (nSPS) is 19.3. The van der Waals surface area contributed by atoms with Crippen LogP contribution in [-0.2, 0) is 11.3 Å². The summed E-state index contributed by atoms with van der Waals surface area (Å²) in [6.07, 6.45) is 6.61. The number of aryl methyl sites for hydroxylation is 1. The van der Waals surface area contributed by atoms with Gasteiger partial charge in [0, 0.05) is 76.1 Å². The van der Waals surface area contributed by atoms with Gasteiger partial charge in [0.05, 0.1) is 6.20 Å². The summed E-state index contributed by atoms with van der Waals surface area (Å²) >= 11 is 0. The van der Waals surface area contributed by atoms with E-state index in [0.717, 1.165) is 71.6 Å². The summed E-state index contributed by atoms with van der Waals surface area (Å²) in [5.74, 6) is 0.409. The van der Waals surface area contributed by atoms with Crippen LogP contribution in [0.4, 0.5) is 5.69 Å². The quantitative estimate of drug-likeness (QED) is 0.769. The molecule has 0 amide bonds. The van der Waals surface area contributed by atoms with Crippen LogP contribution in [0.25, 0.3) is 11.1 Å². The van der Waals surface area contributed by atoms with Crippen LogP contribution < -0.4 is 4.90 Å². The van der Waals surface area contributed by atoms with Crippen molar-refractivity contribution in [3.8, 4) is 11.1 Å². The molecule has 6 nitrogen and oxygen atoms in total. The molecule has 6 heteroatoms. The molecule has 2 fully saturated rings. The Hall–Kier alpha value is -2.18. The number of ketones is 1. The summed E-state index contributed by atoms with van der Waals surface area (Å²) in [6, 6.07) is 8.88. The van der Waals surface area contributed by atoms with Gasteiger partial charge in [-0.3, -0.25) is 9.48 Å². The number of benzene rings is 1. The maximum absolute atomic E-state index is 11.3. The van der Waals surface area contributed by atoms with Crippen LogP contribution in [0.1, 0.15) is 19.3 Å². The molecule has 2 aliphatic rings. The van der Waals surface area contributed by atoms with Crippen molar-refractivity contribution in [1.29, 1.82) is 0 Å². The topological polar surface area (TPSA) is 44.6 Å². The third-order valence-electron chi connectivity index (χ3n) is 5.98. The molecule has 2 aromatic rings. The zero-order valence-electron chi connectivity index (χ0n) is 16.9. The van der Waals surface area contributed by atoms with Gasteiger partial charge in [-0.25, -0.2) is 0 Å². The van der Waals surface area contributed by atoms with Gasteiger partial charge in [0.1, 0.15) is 5.78 Å². The predicted molar refractivity (Wildman–Crippen MR) is 113 cm³/mol. The number of likely N-dealkylation sites (N-methyl/N-ethyl adjacent to an activating group) is 1. The maximum atomic E-state index is 11.3. The van der Waals surface area contributed by atoms with Gasteiger partial charge in [-0.15, -0.1) is 0 Å². The van der Waals surface area contributed by atoms with E-state index in [9.17, 15) is 4.79 Å². The van der Waals surface area contributed by atoms with Crippen molar-refractivity contribution in [3.63, 3.8) is 0 Å². The van der Waals surface area contributed by atoms with Crippen LogP contribution in [0, 0.1) is 0 Å². The number of carbonyl (C=O) groups is 1. The van der Waals surface area contributed by atoms with Gasteiger partial charge in [0.25, 0.3) is 0 Å². The number of hydrogen-bond donors (Lipinski definition) is 0. The third kappa shape index (κ3) is 4.80. The molecule has 2 aliphatic heterocycles. The minimum absolute atomic E-state index is 0.409. The molecule has 0 N–H and O–H groups in total. The number of anilines is 1. The van der Waals surface area contributed by atoms with Gasteiger partial charge in [-0.1, -0.05) is 12.1 Å². The average molecular weight is 382 g/mol. The Morgan fingerprint density at radius 1 is 0.893 bits per heavy atom. The van der Waals surface area contributed by atoms with Crippen molar-refractivity contribution in [3.05, 3.63) is 36.7 Å². The van der Waals surface area contributed by atoms with Crippen molar-refractivity contribution in [2.24, 2.45) is 0 Å². The van der Waals surface area contributed by atoms with Crippen LogP contribution >= 0.6 is 0 Å². The molecule has 1 aromatic carbocycles. The number of Topliss-reactive ketones (excluding diaryl/α,β-unsaturated/α-hetero) is 1. The van der Waals surface area contributed by atoms with Gasteiger partial charge in [-0.05, 0) is 37.7 Å². The fourth-order valence-electron chi connectivity index (χ4n) is 4.05. The lowest BCUT2D eigenvalue weighted by Crippen LogP contribution is -2.44. The molecular weight excluding hydrogens is 350 g/mol. The lowest BCUT2D eigenvalue weighted by Gasteiger charge is -2.34. The van der Waals surface area contributed by atoms with E-state index in [1.165, 1.54) is 16.8 Å². The average Bonchev–Trinajstić information content (AvgIpc) is 3.19. The fourth-order valence-corrected chi connectivity index (χ4v) is 4.05. The number of aromatic nitrogens is 2. The van der Waals surface area contributed by atoms with Crippen LogP contribution in [-0.4, -0.2) is 78.2 Å². The number of likely N-dealkylation sites (tertiary alicyclic amines) is 1. The van der Waals surface area contributed by atoms with Gasteiger partial charge in [0.15, 0.2) is 0 Å². The van der Waals surface area contributed by atoms with Gasteiger partial charge >= 0.3 is 0 Å². The molecule has 0 spiro atoms. The highest BCUT2D eigenvalue weighted by atomic mass is 16.1. The van der Waals surface area contributed by atoms with Crippen LogP contribution in [0.2, 0.25) is 0 Å². The summed E-state index contributed by atoms with van der Waals surface area (Å²) in [7, 11) is 2.19. The van der Waals surface area contributed by atoms with E-state index in [2.05, 4.69) is 57.3 Å². The summed E-state index contributed by atoms with van der Waals surface area (Å²) in [5, 5.41) is 4.54. The second kappa shape index (κ2) is 8.88. The van der Waals surface area contributed by atoms with Crippen LogP contribution in [0.15, 0.2) is 36.7 Å². The van der Waals surface area contributed by atoms with E-state index >= 15 is 0 Å². The first-order chi connectivity index (χ1) is 13.7. The van der Waals surface area contributed by atoms with E-state index < -0.39 is 0 Å². The van der Waals surface area contributed by atoms with Gasteiger partial charge in [0.2, 0.25) is 0 Å². The van der Waals surface area contributed by atoms with E-state index in [4.69, 9.17) is 0 Å². The Labute approximate surface area is 167 Å². The van der Waals surface area contributed by atoms with Crippen LogP contribution in [0.5, 0.6) is 0 Å². The minimum atomic E-state index is 0.409. The highest BCUT2D eigenvalue weighted by molar-refractivity contribution is 5.79. The number of rotatable bonds is 6. The minimum Gasteiger partial charge on any atom is -0.369 e. The highest BCUT2D eigenvalue weighted by Crippen LogP contribution is 2.23. The number of piperazine rings is 1. The molecule has 0 aliphatic carbocycles. The Morgan fingerprint density at radius 3 is 2.32 bits per heavy atom.